The number of fused-ring (bicyclic) bond motifs is 3. The van der Waals surface area contributed by atoms with Crippen LogP contribution in [0.5, 0.6) is 0 Å². The molecule has 0 unspecified atom stereocenters. The first kappa shape index (κ1) is 19.4. The van der Waals surface area contributed by atoms with Crippen LogP contribution in [0.25, 0.3) is 10.2 Å². The molecule has 7 heteroatoms. The topological polar surface area (TPSA) is 53.5 Å². The van der Waals surface area contributed by atoms with E-state index < -0.39 is 0 Å². The van der Waals surface area contributed by atoms with Crippen molar-refractivity contribution in [3.8, 4) is 0 Å². The summed E-state index contributed by atoms with van der Waals surface area (Å²) >= 11 is 1.94. The molecule has 0 atom stereocenters. The molecule has 4 aliphatic rings. The Labute approximate surface area is 183 Å². The average molecular weight is 428 g/mol. The summed E-state index contributed by atoms with van der Waals surface area (Å²) in [6, 6.07) is 1.49. The van der Waals surface area contributed by atoms with Crippen molar-refractivity contribution in [2.45, 2.75) is 70.0 Å². The van der Waals surface area contributed by atoms with Gasteiger partial charge < -0.3 is 15.0 Å². The number of aromatic nitrogens is 2. The monoisotopic (exact) mass is 427 g/mol. The third kappa shape index (κ3) is 3.97. The number of thiophene rings is 1. The first-order chi connectivity index (χ1) is 14.8. The van der Waals surface area contributed by atoms with E-state index in [9.17, 15) is 0 Å². The van der Waals surface area contributed by atoms with Crippen molar-refractivity contribution < 1.29 is 4.74 Å². The zero-order valence-corrected chi connectivity index (χ0v) is 18.7. The largest absolute Gasteiger partial charge is 0.379 e. The van der Waals surface area contributed by atoms with Gasteiger partial charge >= 0.3 is 0 Å². The van der Waals surface area contributed by atoms with Gasteiger partial charge in [0.05, 0.1) is 25.1 Å². The van der Waals surface area contributed by atoms with E-state index in [0.29, 0.717) is 6.04 Å². The van der Waals surface area contributed by atoms with Crippen LogP contribution < -0.4 is 10.2 Å². The van der Waals surface area contributed by atoms with E-state index in [0.717, 1.165) is 57.8 Å². The van der Waals surface area contributed by atoms with Crippen molar-refractivity contribution in [2.24, 2.45) is 0 Å². The Hall–Kier alpha value is -1.28. The normalized spacial score (nSPS) is 23.8. The Kier molecular flexibility index (Phi) is 5.39. The van der Waals surface area contributed by atoms with Crippen LogP contribution in [-0.4, -0.2) is 66.3 Å². The molecule has 30 heavy (non-hydrogen) atoms. The number of aryl methyl sites for hydroxylation is 2. The van der Waals surface area contributed by atoms with Crippen molar-refractivity contribution in [1.82, 2.24) is 20.2 Å². The van der Waals surface area contributed by atoms with E-state index in [-0.39, 0.29) is 0 Å². The van der Waals surface area contributed by atoms with Crippen LogP contribution in [-0.2, 0) is 24.1 Å². The molecule has 2 aromatic rings. The summed E-state index contributed by atoms with van der Waals surface area (Å²) in [4.78, 5) is 18.1. The van der Waals surface area contributed by atoms with Gasteiger partial charge in [0.25, 0.3) is 0 Å². The molecule has 1 N–H and O–H groups in total. The van der Waals surface area contributed by atoms with Crippen LogP contribution in [0.4, 0.5) is 5.82 Å². The summed E-state index contributed by atoms with van der Waals surface area (Å²) in [6.07, 6.45) is 10.3. The van der Waals surface area contributed by atoms with Gasteiger partial charge in [-0.2, -0.15) is 0 Å². The Bertz CT molecular complexity index is 897. The molecule has 2 saturated heterocycles. The Balaban J connectivity index is 1.31. The zero-order chi connectivity index (χ0) is 19.9. The van der Waals surface area contributed by atoms with E-state index in [1.807, 2.05) is 11.3 Å². The summed E-state index contributed by atoms with van der Waals surface area (Å²) in [5.74, 6) is 2.23. The fourth-order valence-corrected chi connectivity index (χ4v) is 6.56. The molecule has 162 valence electrons. The first-order valence-corrected chi connectivity index (χ1v) is 12.8. The second-order valence-electron chi connectivity index (χ2n) is 9.45. The predicted octanol–water partition coefficient (Wildman–Crippen LogP) is 3.12. The van der Waals surface area contributed by atoms with Gasteiger partial charge in [0, 0.05) is 43.1 Å². The third-order valence-corrected chi connectivity index (χ3v) is 8.34. The van der Waals surface area contributed by atoms with E-state index >= 15 is 0 Å². The maximum Gasteiger partial charge on any atom is 0.146 e. The number of ether oxygens (including phenoxy) is 1. The lowest BCUT2D eigenvalue weighted by atomic mass is 9.96. The minimum absolute atomic E-state index is 0.690. The van der Waals surface area contributed by atoms with Gasteiger partial charge in [0.1, 0.15) is 16.5 Å². The van der Waals surface area contributed by atoms with Crippen molar-refractivity contribution in [3.05, 3.63) is 16.3 Å². The molecular formula is C23H33N5OS. The van der Waals surface area contributed by atoms with Crippen LogP contribution in [0.3, 0.4) is 0 Å². The maximum absolute atomic E-state index is 5.53. The fraction of sp³-hybridized carbons (Fsp3) is 0.739. The van der Waals surface area contributed by atoms with E-state index in [4.69, 9.17) is 14.7 Å². The molecule has 0 amide bonds. The van der Waals surface area contributed by atoms with E-state index in [2.05, 4.69) is 15.1 Å². The van der Waals surface area contributed by atoms with Gasteiger partial charge in [-0.05, 0) is 56.9 Å². The highest BCUT2D eigenvalue weighted by Crippen LogP contribution is 2.40. The minimum atomic E-state index is 0.690. The number of hydrogen-bond donors (Lipinski definition) is 1. The molecule has 0 spiro atoms. The molecule has 6 rings (SSSR count). The van der Waals surface area contributed by atoms with Crippen LogP contribution in [0.2, 0.25) is 0 Å². The summed E-state index contributed by atoms with van der Waals surface area (Å²) in [6.45, 7) is 6.67. The number of nitrogens with one attached hydrogen (secondary N) is 1. The number of morpholine rings is 1. The maximum atomic E-state index is 5.53. The highest BCUT2D eigenvalue weighted by Gasteiger charge is 2.30. The molecule has 4 heterocycles. The van der Waals surface area contributed by atoms with Gasteiger partial charge in [-0.1, -0.05) is 0 Å². The fourth-order valence-electron chi connectivity index (χ4n) is 5.28. The SMILES string of the molecule is C1CCc2c(sc3nc(CN4CCOCC4)nc(N4CCC(NC5CC5)CC4)c23)C1. The molecule has 1 saturated carbocycles. The van der Waals surface area contributed by atoms with E-state index in [1.165, 1.54) is 67.4 Å². The average Bonchev–Trinajstić information content (AvgIpc) is 3.52. The van der Waals surface area contributed by atoms with Crippen LogP contribution in [0.15, 0.2) is 0 Å². The predicted molar refractivity (Wildman–Crippen MR) is 122 cm³/mol. The van der Waals surface area contributed by atoms with E-state index in [1.54, 1.807) is 10.4 Å². The first-order valence-electron chi connectivity index (χ1n) is 12.0. The molecular weight excluding hydrogens is 394 g/mol. The third-order valence-electron chi connectivity index (χ3n) is 7.15. The van der Waals surface area contributed by atoms with Crippen LogP contribution in [0, 0.1) is 0 Å². The molecule has 0 aromatic carbocycles. The Morgan fingerprint density at radius 1 is 0.933 bits per heavy atom. The summed E-state index contributed by atoms with van der Waals surface area (Å²) in [7, 11) is 0. The van der Waals surface area contributed by atoms with Crippen molar-refractivity contribution in [1.29, 1.82) is 0 Å². The molecule has 0 bridgehead atoms. The number of piperidine rings is 1. The lowest BCUT2D eigenvalue weighted by Crippen LogP contribution is -2.43. The lowest BCUT2D eigenvalue weighted by Gasteiger charge is -2.34. The molecule has 2 aliphatic carbocycles. The molecule has 2 aliphatic heterocycles. The molecule has 0 radical (unpaired) electrons. The summed E-state index contributed by atoms with van der Waals surface area (Å²) in [5.41, 5.74) is 1.56. The standard InChI is InChI=1S/C23H33N5OS/c1-2-4-19-18(3-1)21-22(28-9-7-17(8-10-28)24-16-5-6-16)25-20(26-23(21)30-19)15-27-11-13-29-14-12-27/h16-17,24H,1-15H2. The number of rotatable bonds is 5. The second kappa shape index (κ2) is 8.34. The van der Waals surface area contributed by atoms with Crippen molar-refractivity contribution in [2.75, 3.05) is 44.3 Å². The highest BCUT2D eigenvalue weighted by atomic mass is 32.1. The number of hydrogen-bond acceptors (Lipinski definition) is 7. The van der Waals surface area contributed by atoms with Crippen LogP contribution in [0.1, 0.15) is 54.8 Å². The zero-order valence-electron chi connectivity index (χ0n) is 17.9. The van der Waals surface area contributed by atoms with Crippen LogP contribution >= 0.6 is 11.3 Å². The Morgan fingerprint density at radius 2 is 1.70 bits per heavy atom. The van der Waals surface area contributed by atoms with Crippen molar-refractivity contribution >= 4 is 27.4 Å². The highest BCUT2D eigenvalue weighted by molar-refractivity contribution is 7.19. The molecule has 6 nitrogen and oxygen atoms in total. The molecule has 3 fully saturated rings. The summed E-state index contributed by atoms with van der Waals surface area (Å²) in [5, 5.41) is 5.22. The second-order valence-corrected chi connectivity index (χ2v) is 10.5. The quantitative estimate of drug-likeness (QED) is 0.791. The van der Waals surface area contributed by atoms with Gasteiger partial charge in [-0.3, -0.25) is 4.90 Å². The minimum Gasteiger partial charge on any atom is -0.379 e. The van der Waals surface area contributed by atoms with Gasteiger partial charge in [0.2, 0.25) is 0 Å². The van der Waals surface area contributed by atoms with Gasteiger partial charge in [-0.15, -0.1) is 11.3 Å². The number of anilines is 1. The smallest absolute Gasteiger partial charge is 0.146 e. The molecule has 2 aromatic heterocycles. The number of nitrogens with zero attached hydrogens (tertiary/aromatic N) is 4. The van der Waals surface area contributed by atoms with Gasteiger partial charge in [0.15, 0.2) is 0 Å². The van der Waals surface area contributed by atoms with Crippen molar-refractivity contribution in [3.63, 3.8) is 0 Å². The van der Waals surface area contributed by atoms with Gasteiger partial charge in [-0.25, -0.2) is 9.97 Å². The Morgan fingerprint density at radius 3 is 2.50 bits per heavy atom. The lowest BCUT2D eigenvalue weighted by molar-refractivity contribution is 0.0331. The summed E-state index contributed by atoms with van der Waals surface area (Å²) < 4.78 is 5.53.